The molecular formula is C28H26F3N5O3S. The average Bonchev–Trinajstić information content (AvgIpc) is 3.41. The molecule has 8 nitrogen and oxygen atoms in total. The number of hydroxylamine groups is 1. The molecule has 2 aromatic heterocycles. The van der Waals surface area contributed by atoms with Gasteiger partial charge in [0.15, 0.2) is 0 Å². The SMILES string of the molecule is O=C(Nc1ccc(C(F)(F)F)cc1)N(O)c1cccc(-c2sc(CCN3CCOCC3)nc2-c2ccncc2)c1. The van der Waals surface area contributed by atoms with Crippen LogP contribution in [0.3, 0.4) is 0 Å². The predicted molar refractivity (Wildman–Crippen MR) is 146 cm³/mol. The van der Waals surface area contributed by atoms with Gasteiger partial charge < -0.3 is 10.1 Å². The number of aromatic nitrogens is 2. The molecule has 1 aliphatic rings. The molecule has 0 bridgehead atoms. The third kappa shape index (κ3) is 6.65. The van der Waals surface area contributed by atoms with Crippen molar-refractivity contribution in [2.75, 3.05) is 43.2 Å². The molecule has 12 heteroatoms. The Hall–Kier alpha value is -3.84. The maximum atomic E-state index is 12.8. The van der Waals surface area contributed by atoms with Gasteiger partial charge in [-0.25, -0.2) is 9.78 Å². The van der Waals surface area contributed by atoms with Gasteiger partial charge in [0.1, 0.15) is 0 Å². The minimum atomic E-state index is -4.49. The summed E-state index contributed by atoms with van der Waals surface area (Å²) in [7, 11) is 0. The van der Waals surface area contributed by atoms with Crippen LogP contribution >= 0.6 is 11.3 Å². The summed E-state index contributed by atoms with van der Waals surface area (Å²) in [6, 6.07) is 13.6. The van der Waals surface area contributed by atoms with Crippen LogP contribution in [0.1, 0.15) is 10.6 Å². The maximum absolute atomic E-state index is 12.8. The molecule has 0 aliphatic carbocycles. The zero-order chi connectivity index (χ0) is 28.1. The van der Waals surface area contributed by atoms with Crippen LogP contribution in [0.15, 0.2) is 73.1 Å². The van der Waals surface area contributed by atoms with Crippen LogP contribution in [0.25, 0.3) is 21.7 Å². The molecule has 2 aromatic carbocycles. The second-order valence-electron chi connectivity index (χ2n) is 9.09. The lowest BCUT2D eigenvalue weighted by molar-refractivity contribution is -0.137. The van der Waals surface area contributed by atoms with Crippen molar-refractivity contribution in [3.05, 3.63) is 83.6 Å². The van der Waals surface area contributed by atoms with Gasteiger partial charge in [-0.15, -0.1) is 11.3 Å². The Morgan fingerprint density at radius 3 is 2.48 bits per heavy atom. The topological polar surface area (TPSA) is 90.8 Å². The lowest BCUT2D eigenvalue weighted by Crippen LogP contribution is -2.37. The number of morpholine rings is 1. The first-order valence-corrected chi connectivity index (χ1v) is 13.4. The van der Waals surface area contributed by atoms with Crippen molar-refractivity contribution in [1.29, 1.82) is 0 Å². The van der Waals surface area contributed by atoms with Crippen molar-refractivity contribution in [3.8, 4) is 21.7 Å². The molecule has 2 N–H and O–H groups in total. The van der Waals surface area contributed by atoms with Gasteiger partial charge in [-0.1, -0.05) is 12.1 Å². The highest BCUT2D eigenvalue weighted by Crippen LogP contribution is 2.38. The fourth-order valence-corrected chi connectivity index (χ4v) is 5.34. The van der Waals surface area contributed by atoms with Crippen molar-refractivity contribution in [2.24, 2.45) is 0 Å². The van der Waals surface area contributed by atoms with Gasteiger partial charge in [0.25, 0.3) is 0 Å². The normalized spacial score (nSPS) is 14.2. The molecule has 4 aromatic rings. The Morgan fingerprint density at radius 2 is 1.77 bits per heavy atom. The van der Waals surface area contributed by atoms with Crippen molar-refractivity contribution < 1.29 is 27.9 Å². The highest BCUT2D eigenvalue weighted by atomic mass is 32.1. The number of hydrogen-bond donors (Lipinski definition) is 2. The third-order valence-electron chi connectivity index (χ3n) is 6.38. The number of alkyl halides is 3. The number of carbonyl (C=O) groups excluding carboxylic acids is 1. The molecule has 0 spiro atoms. The minimum absolute atomic E-state index is 0.112. The molecule has 0 atom stereocenters. The molecule has 1 aliphatic heterocycles. The minimum Gasteiger partial charge on any atom is -0.379 e. The standard InChI is InChI=1S/C28H26F3N5O3S/c29-28(30,31)21-4-6-22(7-5-21)33-27(37)36(38)23-3-1-2-20(18-23)26-25(19-8-11-32-12-9-19)34-24(40-26)10-13-35-14-16-39-17-15-35/h1-9,11-12,18,38H,10,13-17H2,(H,33,37). The summed E-state index contributed by atoms with van der Waals surface area (Å²) in [6.07, 6.45) is -0.323. The van der Waals surface area contributed by atoms with Crippen LogP contribution in [-0.2, 0) is 17.3 Å². The highest BCUT2D eigenvalue weighted by molar-refractivity contribution is 7.15. The fourth-order valence-electron chi connectivity index (χ4n) is 4.27. The van der Waals surface area contributed by atoms with Crippen LogP contribution in [0.2, 0.25) is 0 Å². The van der Waals surface area contributed by atoms with Crippen molar-refractivity contribution >= 4 is 28.7 Å². The number of amides is 2. The van der Waals surface area contributed by atoms with E-state index in [1.807, 2.05) is 18.2 Å². The highest BCUT2D eigenvalue weighted by Gasteiger charge is 2.30. The molecule has 1 saturated heterocycles. The number of nitrogens with zero attached hydrogens (tertiary/aromatic N) is 4. The number of benzene rings is 2. The number of nitrogens with one attached hydrogen (secondary N) is 1. The van der Waals surface area contributed by atoms with Crippen LogP contribution in [0, 0.1) is 0 Å². The Bertz CT molecular complexity index is 1440. The summed E-state index contributed by atoms with van der Waals surface area (Å²) in [5, 5.41) is 14.4. The molecule has 0 saturated carbocycles. The fraction of sp³-hybridized carbons (Fsp3) is 0.250. The summed E-state index contributed by atoms with van der Waals surface area (Å²) in [4.78, 5) is 24.9. The number of urea groups is 1. The number of hydrogen-bond acceptors (Lipinski definition) is 7. The van der Waals surface area contributed by atoms with Gasteiger partial charge in [0.2, 0.25) is 0 Å². The molecule has 0 unspecified atom stereocenters. The monoisotopic (exact) mass is 569 g/mol. The van der Waals surface area contributed by atoms with Gasteiger partial charge in [0.05, 0.1) is 40.0 Å². The molecule has 208 valence electrons. The first-order valence-electron chi connectivity index (χ1n) is 12.6. The third-order valence-corrected chi connectivity index (χ3v) is 7.54. The summed E-state index contributed by atoms with van der Waals surface area (Å²) in [6.45, 7) is 4.09. The van der Waals surface area contributed by atoms with E-state index in [1.54, 1.807) is 41.9 Å². The summed E-state index contributed by atoms with van der Waals surface area (Å²) < 4.78 is 43.9. The summed E-state index contributed by atoms with van der Waals surface area (Å²) in [5.74, 6) is 0. The Labute approximate surface area is 232 Å². The molecule has 0 radical (unpaired) electrons. The van der Waals surface area contributed by atoms with Crippen LogP contribution < -0.4 is 10.4 Å². The van der Waals surface area contributed by atoms with E-state index in [0.29, 0.717) is 5.06 Å². The van der Waals surface area contributed by atoms with E-state index in [1.165, 1.54) is 0 Å². The summed E-state index contributed by atoms with van der Waals surface area (Å²) in [5.41, 5.74) is 1.88. The lowest BCUT2D eigenvalue weighted by Gasteiger charge is -2.25. The molecule has 1 fully saturated rings. The van der Waals surface area contributed by atoms with Crippen molar-refractivity contribution in [1.82, 2.24) is 14.9 Å². The number of halogens is 3. The Balaban J connectivity index is 1.36. The number of thiazole rings is 1. The van der Waals surface area contributed by atoms with E-state index in [4.69, 9.17) is 9.72 Å². The quantitative estimate of drug-likeness (QED) is 0.204. The summed E-state index contributed by atoms with van der Waals surface area (Å²) >= 11 is 1.55. The number of ether oxygens (including phenoxy) is 1. The van der Waals surface area contributed by atoms with Gasteiger partial charge in [0, 0.05) is 49.7 Å². The van der Waals surface area contributed by atoms with E-state index in [0.717, 1.165) is 90.2 Å². The van der Waals surface area contributed by atoms with Gasteiger partial charge in [-0.05, 0) is 54.1 Å². The molecule has 3 heterocycles. The van der Waals surface area contributed by atoms with Crippen molar-refractivity contribution in [3.63, 3.8) is 0 Å². The van der Waals surface area contributed by atoms with Gasteiger partial charge in [-0.2, -0.15) is 18.2 Å². The first kappa shape index (κ1) is 27.7. The Kier molecular flexibility index (Phi) is 8.40. The predicted octanol–water partition coefficient (Wildman–Crippen LogP) is 6.19. The van der Waals surface area contributed by atoms with Crippen molar-refractivity contribution in [2.45, 2.75) is 12.6 Å². The van der Waals surface area contributed by atoms with Gasteiger partial charge >= 0.3 is 12.2 Å². The first-order chi connectivity index (χ1) is 19.3. The second kappa shape index (κ2) is 12.1. The van der Waals surface area contributed by atoms with Gasteiger partial charge in [-0.3, -0.25) is 15.1 Å². The zero-order valence-corrected chi connectivity index (χ0v) is 22.1. The number of pyridine rings is 1. The van der Waals surface area contributed by atoms with E-state index < -0.39 is 17.8 Å². The Morgan fingerprint density at radius 1 is 1.05 bits per heavy atom. The van der Waals surface area contributed by atoms with E-state index in [9.17, 15) is 23.2 Å². The molecule has 2 amide bonds. The van der Waals surface area contributed by atoms with E-state index in [-0.39, 0.29) is 11.4 Å². The number of rotatable bonds is 7. The van der Waals surface area contributed by atoms with Crippen LogP contribution in [0.5, 0.6) is 0 Å². The van der Waals surface area contributed by atoms with E-state index >= 15 is 0 Å². The molecule has 5 rings (SSSR count). The second-order valence-corrected chi connectivity index (χ2v) is 10.2. The molecular weight excluding hydrogens is 543 g/mol. The zero-order valence-electron chi connectivity index (χ0n) is 21.3. The van der Waals surface area contributed by atoms with E-state index in [2.05, 4.69) is 15.2 Å². The average molecular weight is 570 g/mol. The number of carbonyl (C=O) groups is 1. The lowest BCUT2D eigenvalue weighted by atomic mass is 10.1. The van der Waals surface area contributed by atoms with Crippen LogP contribution in [-0.4, -0.2) is 59.0 Å². The number of anilines is 2. The molecule has 40 heavy (non-hydrogen) atoms. The van der Waals surface area contributed by atoms with Crippen LogP contribution in [0.4, 0.5) is 29.3 Å². The maximum Gasteiger partial charge on any atom is 0.416 e. The largest absolute Gasteiger partial charge is 0.416 e. The smallest absolute Gasteiger partial charge is 0.379 e.